The van der Waals surface area contributed by atoms with E-state index in [0.717, 1.165) is 70.6 Å². The van der Waals surface area contributed by atoms with Crippen LogP contribution in [0.15, 0.2) is 72.9 Å². The van der Waals surface area contributed by atoms with Gasteiger partial charge in [-0.1, -0.05) is 350 Å². The molecule has 3 unspecified atom stereocenters. The molecule has 0 spiro atoms. The van der Waals surface area contributed by atoms with Crippen molar-refractivity contribution < 1.29 is 32.9 Å². The predicted octanol–water partition coefficient (Wildman–Crippen LogP) is 22.7. The number of hydrogen-bond donors (Lipinski definition) is 2. The van der Waals surface area contributed by atoms with E-state index in [1.165, 1.54) is 257 Å². The van der Waals surface area contributed by atoms with Gasteiger partial charge in [-0.25, -0.2) is 0 Å². The molecule has 84 heavy (non-hydrogen) atoms. The van der Waals surface area contributed by atoms with E-state index in [1.54, 1.807) is 6.08 Å². The highest BCUT2D eigenvalue weighted by Crippen LogP contribution is 2.38. The molecule has 0 rings (SSSR count). The highest BCUT2D eigenvalue weighted by molar-refractivity contribution is 7.45. The van der Waals surface area contributed by atoms with E-state index in [4.69, 9.17) is 9.05 Å². The van der Waals surface area contributed by atoms with Crippen molar-refractivity contribution in [3.8, 4) is 0 Å². The lowest BCUT2D eigenvalue weighted by Gasteiger charge is -2.29. The zero-order chi connectivity index (χ0) is 61.2. The van der Waals surface area contributed by atoms with Crippen LogP contribution < -0.4 is 10.2 Å². The van der Waals surface area contributed by atoms with Gasteiger partial charge in [0, 0.05) is 6.42 Å². The van der Waals surface area contributed by atoms with Gasteiger partial charge in [0.2, 0.25) is 5.91 Å². The van der Waals surface area contributed by atoms with Crippen molar-refractivity contribution in [3.05, 3.63) is 72.9 Å². The molecule has 0 aliphatic rings. The Bertz CT molecular complexity index is 1600. The van der Waals surface area contributed by atoms with Crippen LogP contribution in [0.5, 0.6) is 0 Å². The maximum absolute atomic E-state index is 13.1. The second kappa shape index (κ2) is 65.4. The van der Waals surface area contributed by atoms with E-state index < -0.39 is 20.0 Å². The molecule has 0 aliphatic heterocycles. The summed E-state index contributed by atoms with van der Waals surface area (Å²) in [6.45, 7) is 4.58. The van der Waals surface area contributed by atoms with Crippen LogP contribution in [0.2, 0.25) is 0 Å². The molecular weight excluding hydrogens is 1060 g/mol. The first-order valence-corrected chi connectivity index (χ1v) is 37.8. The zero-order valence-corrected chi connectivity index (χ0v) is 57.3. The maximum Gasteiger partial charge on any atom is 0.268 e. The van der Waals surface area contributed by atoms with Crippen molar-refractivity contribution in [1.82, 2.24) is 5.32 Å². The van der Waals surface area contributed by atoms with Crippen molar-refractivity contribution in [1.29, 1.82) is 0 Å². The van der Waals surface area contributed by atoms with Gasteiger partial charge < -0.3 is 28.8 Å². The molecule has 492 valence electrons. The van der Waals surface area contributed by atoms with Crippen LogP contribution >= 0.6 is 7.82 Å². The highest BCUT2D eigenvalue weighted by Gasteiger charge is 2.23. The van der Waals surface area contributed by atoms with Crippen LogP contribution in [0.1, 0.15) is 348 Å². The number of aliphatic hydroxyl groups is 1. The molecule has 0 aromatic heterocycles. The number of allylic oxidation sites excluding steroid dienone is 11. The molecule has 0 bridgehead atoms. The van der Waals surface area contributed by atoms with Crippen molar-refractivity contribution in [3.63, 3.8) is 0 Å². The number of nitrogens with zero attached hydrogens (tertiary/aromatic N) is 1. The number of aliphatic hydroxyl groups excluding tert-OH is 1. The number of nitrogens with one attached hydrogen (secondary N) is 1. The lowest BCUT2D eigenvalue weighted by molar-refractivity contribution is -0.870. The number of likely N-dealkylation sites (N-methyl/N-ethyl adjacent to an activating group) is 1. The molecule has 0 radical (unpaired) electrons. The Labute approximate surface area is 523 Å². The molecule has 0 aromatic rings. The van der Waals surface area contributed by atoms with Gasteiger partial charge >= 0.3 is 0 Å². The van der Waals surface area contributed by atoms with Gasteiger partial charge in [0.1, 0.15) is 13.2 Å². The summed E-state index contributed by atoms with van der Waals surface area (Å²) in [6, 6.07) is -0.890. The predicted molar refractivity (Wildman–Crippen MR) is 367 cm³/mol. The van der Waals surface area contributed by atoms with Gasteiger partial charge in [-0.15, -0.1) is 0 Å². The summed E-state index contributed by atoms with van der Waals surface area (Å²) >= 11 is 0. The fourth-order valence-corrected chi connectivity index (χ4v) is 11.6. The normalized spacial score (nSPS) is 14.0. The van der Waals surface area contributed by atoms with Crippen molar-refractivity contribution in [2.75, 3.05) is 40.9 Å². The summed E-state index contributed by atoms with van der Waals surface area (Å²) in [6.07, 6.45) is 91.7. The summed E-state index contributed by atoms with van der Waals surface area (Å²) < 4.78 is 23.5. The van der Waals surface area contributed by atoms with Crippen LogP contribution in [0, 0.1) is 0 Å². The summed E-state index contributed by atoms with van der Waals surface area (Å²) in [7, 11) is 1.27. The fourth-order valence-electron chi connectivity index (χ4n) is 10.8. The molecule has 0 heterocycles. The second-order valence-corrected chi connectivity index (χ2v) is 27.3. The summed E-state index contributed by atoms with van der Waals surface area (Å²) in [5.41, 5.74) is 0. The fraction of sp³-hybridized carbons (Fsp3) is 0.827. The average Bonchev–Trinajstić information content (AvgIpc) is 3.56. The standard InChI is InChI=1S/C75H141N2O6P/c1-6-8-10-12-14-16-18-20-22-24-26-28-30-32-34-36-37-38-39-41-43-45-47-49-51-53-55-57-59-61-63-65-67-69-75(79)76-73(72-83-84(80,81)82-71-70-77(3,4)5)74(78)68-66-64-62-60-58-56-54-52-50-48-46-44-42-40-35-33-31-29-27-25-23-21-19-17-15-13-11-9-7-2/h8,10,14,16,20,22,26,28,32,34,66,68,73-74,78H,6-7,9,11-13,15,17-19,21,23-25,27,29-31,33,35-65,67,69-72H2,1-5H3,(H-,76,79,80,81)/b10-8-,16-14-,22-20-,28-26-,34-32-,68-66+. The van der Waals surface area contributed by atoms with Gasteiger partial charge in [-0.3, -0.25) is 9.36 Å². The van der Waals surface area contributed by atoms with Crippen LogP contribution in [-0.2, 0) is 18.4 Å². The van der Waals surface area contributed by atoms with Gasteiger partial charge in [-0.2, -0.15) is 0 Å². The molecule has 1 amide bonds. The van der Waals surface area contributed by atoms with E-state index in [9.17, 15) is 19.4 Å². The quantitative estimate of drug-likeness (QED) is 0.0272. The summed E-state index contributed by atoms with van der Waals surface area (Å²) in [4.78, 5) is 25.7. The Balaban J connectivity index is 4.04. The number of quaternary nitrogens is 1. The van der Waals surface area contributed by atoms with Crippen LogP contribution in [0.3, 0.4) is 0 Å². The largest absolute Gasteiger partial charge is 0.756 e. The van der Waals surface area contributed by atoms with Gasteiger partial charge in [0.25, 0.3) is 7.82 Å². The number of carbonyl (C=O) groups excluding carboxylic acids is 1. The molecule has 8 nitrogen and oxygen atoms in total. The first-order valence-electron chi connectivity index (χ1n) is 36.3. The van der Waals surface area contributed by atoms with Crippen molar-refractivity contribution >= 4 is 13.7 Å². The number of hydrogen-bond acceptors (Lipinski definition) is 6. The number of phosphoric ester groups is 1. The summed E-state index contributed by atoms with van der Waals surface area (Å²) in [5.74, 6) is -0.193. The number of unbranched alkanes of at least 4 members (excludes halogenated alkanes) is 44. The van der Waals surface area contributed by atoms with E-state index in [1.807, 2.05) is 27.2 Å². The smallest absolute Gasteiger partial charge is 0.268 e. The van der Waals surface area contributed by atoms with Gasteiger partial charge in [0.15, 0.2) is 0 Å². The minimum atomic E-state index is -4.61. The lowest BCUT2D eigenvalue weighted by Crippen LogP contribution is -2.45. The number of carbonyl (C=O) groups is 1. The molecule has 3 atom stereocenters. The van der Waals surface area contributed by atoms with E-state index >= 15 is 0 Å². The zero-order valence-electron chi connectivity index (χ0n) is 56.4. The minimum Gasteiger partial charge on any atom is -0.756 e. The Morgan fingerprint density at radius 1 is 0.429 bits per heavy atom. The second-order valence-electron chi connectivity index (χ2n) is 25.9. The number of rotatable bonds is 67. The highest BCUT2D eigenvalue weighted by atomic mass is 31.2. The first-order chi connectivity index (χ1) is 41.0. The topological polar surface area (TPSA) is 108 Å². The van der Waals surface area contributed by atoms with Gasteiger partial charge in [0.05, 0.1) is 39.9 Å². The molecule has 0 fully saturated rings. The monoisotopic (exact) mass is 1200 g/mol. The molecule has 2 N–H and O–H groups in total. The van der Waals surface area contributed by atoms with E-state index in [-0.39, 0.29) is 19.1 Å². The van der Waals surface area contributed by atoms with Gasteiger partial charge in [-0.05, 0) is 64.2 Å². The Kier molecular flexibility index (Phi) is 63.8. The molecule has 9 heteroatoms. The summed E-state index contributed by atoms with van der Waals surface area (Å²) in [5, 5.41) is 14.0. The maximum atomic E-state index is 13.1. The number of phosphoric acid groups is 1. The van der Waals surface area contributed by atoms with Crippen molar-refractivity contribution in [2.45, 2.75) is 360 Å². The third-order valence-electron chi connectivity index (χ3n) is 16.4. The van der Waals surface area contributed by atoms with E-state index in [2.05, 4.69) is 79.9 Å². The average molecular weight is 1200 g/mol. The minimum absolute atomic E-state index is 0.00129. The third kappa shape index (κ3) is 67.4. The SMILES string of the molecule is CC/C=C\C/C=C\C/C=C\C/C=C\C/C=C\CCCCCCCCCCCCCCCCCCCC(=O)NC(COP(=O)([O-])OCC[N+](C)(C)C)C(O)/C=C/CCCCCCCCCCCCCCCCCCCCCCCCCCCCC. The third-order valence-corrected chi connectivity index (χ3v) is 17.4. The molecule has 0 saturated heterocycles. The lowest BCUT2D eigenvalue weighted by atomic mass is 10.0. The first kappa shape index (κ1) is 81.9. The molecule has 0 aromatic carbocycles. The Hall–Kier alpha value is -2.06. The molecule has 0 saturated carbocycles. The Morgan fingerprint density at radius 3 is 1.06 bits per heavy atom. The molecule has 0 aliphatic carbocycles. The van der Waals surface area contributed by atoms with E-state index in [0.29, 0.717) is 17.4 Å². The van der Waals surface area contributed by atoms with Crippen LogP contribution in [0.25, 0.3) is 0 Å². The molecular formula is C75H141N2O6P. The van der Waals surface area contributed by atoms with Crippen LogP contribution in [-0.4, -0.2) is 68.5 Å². The number of amides is 1. The Morgan fingerprint density at radius 2 is 0.726 bits per heavy atom. The van der Waals surface area contributed by atoms with Crippen molar-refractivity contribution in [2.24, 2.45) is 0 Å². The van der Waals surface area contributed by atoms with Crippen LogP contribution in [0.4, 0.5) is 0 Å².